The summed E-state index contributed by atoms with van der Waals surface area (Å²) in [4.78, 5) is 13.2. The Morgan fingerprint density at radius 1 is 1.26 bits per heavy atom. The van der Waals surface area contributed by atoms with Crippen LogP contribution in [0.15, 0.2) is 52.9 Å². The minimum absolute atomic E-state index is 0.211. The number of rotatable bonds is 3. The summed E-state index contributed by atoms with van der Waals surface area (Å²) in [6.07, 6.45) is 1.78. The molecular weight excluding hydrogens is 332 g/mol. The largest absolute Gasteiger partial charge is 0.488 e. The molecule has 1 amide bonds. The Hall–Kier alpha value is -2.42. The molecule has 0 aromatic heterocycles. The molecule has 0 fully saturated rings. The average molecular weight is 343 g/mol. The highest BCUT2D eigenvalue weighted by Gasteiger charge is 2.17. The molecule has 23 heavy (non-hydrogen) atoms. The van der Waals surface area contributed by atoms with Gasteiger partial charge in [-0.2, -0.15) is 5.26 Å². The smallest absolute Gasteiger partial charge is 0.255 e. The fourth-order valence-electron chi connectivity index (χ4n) is 2.15. The van der Waals surface area contributed by atoms with Crippen LogP contribution >= 0.6 is 23.4 Å². The second-order valence-corrected chi connectivity index (χ2v) is 6.11. The predicted octanol–water partition coefficient (Wildman–Crippen LogP) is 4.33. The van der Waals surface area contributed by atoms with Crippen molar-refractivity contribution < 1.29 is 9.53 Å². The average Bonchev–Trinajstić information content (AvgIpc) is 2.56. The topological polar surface area (TPSA) is 62.1 Å². The first-order valence-corrected chi connectivity index (χ1v) is 7.95. The van der Waals surface area contributed by atoms with Crippen LogP contribution < -0.4 is 10.1 Å². The van der Waals surface area contributed by atoms with E-state index in [1.807, 2.05) is 5.40 Å². The Bertz CT molecular complexity index is 825. The molecule has 1 heterocycles. The SMILES string of the molecule is N#CSc1ccc(NC(=O)C2=Cc3cc(Cl)ccc3OC2)cc1. The van der Waals surface area contributed by atoms with E-state index in [2.05, 4.69) is 5.32 Å². The number of hydrogen-bond acceptors (Lipinski definition) is 4. The van der Waals surface area contributed by atoms with E-state index in [4.69, 9.17) is 21.6 Å². The standard InChI is InChI=1S/C17H11ClN2O2S/c18-13-1-6-16-11(8-13)7-12(9-22-16)17(21)20-14-2-4-15(5-3-14)23-10-19/h1-8H,9H2,(H,20,21). The van der Waals surface area contributed by atoms with Crippen LogP contribution in [-0.4, -0.2) is 12.5 Å². The van der Waals surface area contributed by atoms with Crippen LogP contribution in [0.25, 0.3) is 6.08 Å². The van der Waals surface area contributed by atoms with Crippen molar-refractivity contribution in [3.8, 4) is 11.2 Å². The third-order valence-corrected chi connectivity index (χ3v) is 4.09. The van der Waals surface area contributed by atoms with Gasteiger partial charge in [-0.25, -0.2) is 0 Å². The van der Waals surface area contributed by atoms with Crippen molar-refractivity contribution in [2.45, 2.75) is 4.90 Å². The van der Waals surface area contributed by atoms with Crippen molar-refractivity contribution in [3.05, 3.63) is 58.6 Å². The normalized spacial score (nSPS) is 12.4. The molecule has 1 N–H and O–H groups in total. The summed E-state index contributed by atoms with van der Waals surface area (Å²) in [6, 6.07) is 12.4. The number of fused-ring (bicyclic) bond motifs is 1. The second-order valence-electron chi connectivity index (χ2n) is 4.81. The summed E-state index contributed by atoms with van der Waals surface area (Å²) < 4.78 is 5.57. The summed E-state index contributed by atoms with van der Waals surface area (Å²) in [5.41, 5.74) is 1.97. The number of nitrogens with zero attached hydrogens (tertiary/aromatic N) is 1. The van der Waals surface area contributed by atoms with Crippen LogP contribution in [0.4, 0.5) is 5.69 Å². The molecule has 114 valence electrons. The zero-order chi connectivity index (χ0) is 16.2. The molecule has 0 saturated heterocycles. The molecule has 0 atom stereocenters. The van der Waals surface area contributed by atoms with Gasteiger partial charge in [0.25, 0.3) is 5.91 Å². The number of hydrogen-bond donors (Lipinski definition) is 1. The number of anilines is 1. The lowest BCUT2D eigenvalue weighted by Crippen LogP contribution is -2.21. The van der Waals surface area contributed by atoms with Crippen LogP contribution in [0, 0.1) is 10.7 Å². The fourth-order valence-corrected chi connectivity index (χ4v) is 2.71. The van der Waals surface area contributed by atoms with Gasteiger partial charge in [0.05, 0.1) is 5.57 Å². The van der Waals surface area contributed by atoms with Crippen molar-refractivity contribution in [1.82, 2.24) is 0 Å². The van der Waals surface area contributed by atoms with Crippen molar-refractivity contribution in [2.75, 3.05) is 11.9 Å². The molecule has 1 aliphatic rings. The second kappa shape index (κ2) is 6.78. The molecule has 0 saturated carbocycles. The highest BCUT2D eigenvalue weighted by atomic mass is 35.5. The summed E-state index contributed by atoms with van der Waals surface area (Å²) in [5.74, 6) is 0.486. The van der Waals surface area contributed by atoms with Crippen LogP contribution in [0.3, 0.4) is 0 Å². The van der Waals surface area contributed by atoms with E-state index in [-0.39, 0.29) is 12.5 Å². The van der Waals surface area contributed by atoms with Crippen molar-refractivity contribution >= 4 is 41.0 Å². The first kappa shape index (κ1) is 15.5. The summed E-state index contributed by atoms with van der Waals surface area (Å²) in [6.45, 7) is 0.211. The predicted molar refractivity (Wildman–Crippen MR) is 91.5 cm³/mol. The number of amides is 1. The lowest BCUT2D eigenvalue weighted by molar-refractivity contribution is -0.113. The number of ether oxygens (including phenoxy) is 1. The monoisotopic (exact) mass is 342 g/mol. The number of nitriles is 1. The Morgan fingerprint density at radius 3 is 2.78 bits per heavy atom. The van der Waals surface area contributed by atoms with Gasteiger partial charge < -0.3 is 10.1 Å². The Labute approximate surface area is 142 Å². The maximum atomic E-state index is 12.3. The van der Waals surface area contributed by atoms with Crippen LogP contribution in [0.2, 0.25) is 5.02 Å². The van der Waals surface area contributed by atoms with Gasteiger partial charge in [0.2, 0.25) is 0 Å². The van der Waals surface area contributed by atoms with Gasteiger partial charge in [-0.15, -0.1) is 0 Å². The minimum Gasteiger partial charge on any atom is -0.488 e. The number of halogens is 1. The molecule has 0 spiro atoms. The maximum absolute atomic E-state index is 12.3. The molecule has 2 aromatic carbocycles. The number of nitrogens with one attached hydrogen (secondary N) is 1. The Morgan fingerprint density at radius 2 is 2.04 bits per heavy atom. The van der Waals surface area contributed by atoms with Gasteiger partial charge >= 0.3 is 0 Å². The van der Waals surface area contributed by atoms with Crippen molar-refractivity contribution in [3.63, 3.8) is 0 Å². The molecule has 4 nitrogen and oxygen atoms in total. The molecule has 0 bridgehead atoms. The first-order chi connectivity index (χ1) is 11.2. The highest BCUT2D eigenvalue weighted by Crippen LogP contribution is 2.29. The molecule has 6 heteroatoms. The molecule has 2 aromatic rings. The van der Waals surface area contributed by atoms with Crippen LogP contribution in [0.5, 0.6) is 5.75 Å². The number of carbonyl (C=O) groups excluding carboxylic acids is 1. The third-order valence-electron chi connectivity index (χ3n) is 3.25. The summed E-state index contributed by atoms with van der Waals surface area (Å²) in [7, 11) is 0. The van der Waals surface area contributed by atoms with Crippen LogP contribution in [0.1, 0.15) is 5.56 Å². The van der Waals surface area contributed by atoms with Gasteiger partial charge in [-0.05, 0) is 60.3 Å². The first-order valence-electron chi connectivity index (χ1n) is 6.76. The molecule has 0 aliphatic carbocycles. The van der Waals surface area contributed by atoms with E-state index in [0.717, 1.165) is 22.2 Å². The lowest BCUT2D eigenvalue weighted by Gasteiger charge is -2.17. The Kier molecular flexibility index (Phi) is 4.56. The fraction of sp³-hybridized carbons (Fsp3) is 0.0588. The minimum atomic E-state index is -0.226. The van der Waals surface area contributed by atoms with Gasteiger partial charge in [0.15, 0.2) is 0 Å². The van der Waals surface area contributed by atoms with E-state index in [0.29, 0.717) is 22.0 Å². The summed E-state index contributed by atoms with van der Waals surface area (Å²) >= 11 is 7.04. The van der Waals surface area contributed by atoms with Crippen molar-refractivity contribution in [2.24, 2.45) is 0 Å². The zero-order valence-corrected chi connectivity index (χ0v) is 13.4. The highest BCUT2D eigenvalue weighted by molar-refractivity contribution is 8.03. The third kappa shape index (κ3) is 3.67. The number of thioether (sulfide) groups is 1. The molecule has 1 aliphatic heterocycles. The van der Waals surface area contributed by atoms with Gasteiger partial charge in [-0.3, -0.25) is 4.79 Å². The van der Waals surface area contributed by atoms with Gasteiger partial charge in [0.1, 0.15) is 17.8 Å². The van der Waals surface area contributed by atoms with E-state index >= 15 is 0 Å². The number of benzene rings is 2. The number of thiocyanates is 1. The Balaban J connectivity index is 1.75. The summed E-state index contributed by atoms with van der Waals surface area (Å²) in [5, 5.41) is 14.0. The maximum Gasteiger partial charge on any atom is 0.255 e. The van der Waals surface area contributed by atoms with Gasteiger partial charge in [0, 0.05) is 21.2 Å². The molecule has 3 rings (SSSR count). The molecule has 0 unspecified atom stereocenters. The van der Waals surface area contributed by atoms with E-state index in [1.165, 1.54) is 0 Å². The zero-order valence-electron chi connectivity index (χ0n) is 11.9. The van der Waals surface area contributed by atoms with Crippen LogP contribution in [-0.2, 0) is 4.79 Å². The van der Waals surface area contributed by atoms with E-state index < -0.39 is 0 Å². The molecular formula is C17H11ClN2O2S. The van der Waals surface area contributed by atoms with Gasteiger partial charge in [-0.1, -0.05) is 11.6 Å². The number of carbonyl (C=O) groups is 1. The van der Waals surface area contributed by atoms with Crippen molar-refractivity contribution in [1.29, 1.82) is 5.26 Å². The molecule has 0 radical (unpaired) electrons. The van der Waals surface area contributed by atoms with E-state index in [1.54, 1.807) is 48.5 Å². The quantitative estimate of drug-likeness (QED) is 0.666. The lowest BCUT2D eigenvalue weighted by atomic mass is 10.1. The van der Waals surface area contributed by atoms with E-state index in [9.17, 15) is 4.79 Å².